The maximum absolute atomic E-state index is 13.2. The number of carbonyl (C=O) groups excluding carboxylic acids is 3. The van der Waals surface area contributed by atoms with Crippen LogP contribution in [0.15, 0.2) is 36.4 Å². The Bertz CT molecular complexity index is 1120. The first-order valence-corrected chi connectivity index (χ1v) is 11.4. The number of amides is 3. The number of hydrogen-bond donors (Lipinski definition) is 1. The molecule has 2 aliphatic rings. The lowest BCUT2D eigenvalue weighted by atomic mass is 10.1. The molecule has 2 aromatic rings. The number of hydrogen-bond acceptors (Lipinski definition) is 7. The SMILES string of the molecule is CCN(CC(=O)Nc1ccc2c(c1)OCCO2)C(=O)[C@H]1CC(=O)N(c2ccc(OC)cc2OC)C1. The van der Waals surface area contributed by atoms with E-state index in [0.29, 0.717) is 54.1 Å². The molecule has 0 spiro atoms. The topological polar surface area (TPSA) is 107 Å². The van der Waals surface area contributed by atoms with Gasteiger partial charge in [-0.1, -0.05) is 0 Å². The van der Waals surface area contributed by atoms with E-state index in [-0.39, 0.29) is 37.2 Å². The van der Waals surface area contributed by atoms with E-state index in [9.17, 15) is 14.4 Å². The number of anilines is 2. The Morgan fingerprint density at radius 2 is 1.86 bits per heavy atom. The minimum Gasteiger partial charge on any atom is -0.497 e. The molecule has 2 aliphatic heterocycles. The van der Waals surface area contributed by atoms with Crippen LogP contribution in [0.3, 0.4) is 0 Å². The van der Waals surface area contributed by atoms with Gasteiger partial charge >= 0.3 is 0 Å². The summed E-state index contributed by atoms with van der Waals surface area (Å²) in [7, 11) is 3.06. The van der Waals surface area contributed by atoms with Gasteiger partial charge in [-0.15, -0.1) is 0 Å². The van der Waals surface area contributed by atoms with E-state index in [1.807, 2.05) is 0 Å². The van der Waals surface area contributed by atoms with Gasteiger partial charge in [-0.2, -0.15) is 0 Å². The average Bonchev–Trinajstić information content (AvgIpc) is 3.27. The molecular weight excluding hydrogens is 454 g/mol. The third-order valence-corrected chi connectivity index (χ3v) is 6.01. The molecule has 186 valence electrons. The first-order valence-electron chi connectivity index (χ1n) is 11.4. The van der Waals surface area contributed by atoms with Crippen LogP contribution in [0.2, 0.25) is 0 Å². The number of ether oxygens (including phenoxy) is 4. The predicted molar refractivity (Wildman–Crippen MR) is 128 cm³/mol. The number of rotatable bonds is 8. The fourth-order valence-corrected chi connectivity index (χ4v) is 4.21. The van der Waals surface area contributed by atoms with Crippen molar-refractivity contribution < 1.29 is 33.3 Å². The van der Waals surface area contributed by atoms with Crippen LogP contribution in [0.1, 0.15) is 13.3 Å². The zero-order chi connectivity index (χ0) is 24.9. The quantitative estimate of drug-likeness (QED) is 0.614. The Labute approximate surface area is 203 Å². The van der Waals surface area contributed by atoms with Gasteiger partial charge in [0.15, 0.2) is 11.5 Å². The van der Waals surface area contributed by atoms with Crippen molar-refractivity contribution in [2.45, 2.75) is 13.3 Å². The van der Waals surface area contributed by atoms with Crippen molar-refractivity contribution in [2.24, 2.45) is 5.92 Å². The molecule has 1 saturated heterocycles. The third-order valence-electron chi connectivity index (χ3n) is 6.01. The van der Waals surface area contributed by atoms with Crippen LogP contribution >= 0.6 is 0 Å². The highest BCUT2D eigenvalue weighted by atomic mass is 16.6. The fraction of sp³-hybridized carbons (Fsp3) is 0.400. The van der Waals surface area contributed by atoms with Crippen LogP contribution in [0.4, 0.5) is 11.4 Å². The molecule has 1 N–H and O–H groups in total. The summed E-state index contributed by atoms with van der Waals surface area (Å²) < 4.78 is 21.7. The van der Waals surface area contributed by atoms with Gasteiger partial charge in [0.25, 0.3) is 0 Å². The number of fused-ring (bicyclic) bond motifs is 1. The molecule has 2 heterocycles. The zero-order valence-electron chi connectivity index (χ0n) is 20.0. The van der Waals surface area contributed by atoms with E-state index in [2.05, 4.69) is 5.32 Å². The van der Waals surface area contributed by atoms with Crippen LogP contribution < -0.4 is 29.2 Å². The Hall–Kier alpha value is -3.95. The summed E-state index contributed by atoms with van der Waals surface area (Å²) in [6, 6.07) is 10.3. The molecule has 10 heteroatoms. The number of benzene rings is 2. The molecule has 0 saturated carbocycles. The van der Waals surface area contributed by atoms with E-state index in [1.54, 1.807) is 55.3 Å². The minimum absolute atomic E-state index is 0.0638. The molecule has 0 aliphatic carbocycles. The molecule has 35 heavy (non-hydrogen) atoms. The number of likely N-dealkylation sites (N-methyl/N-ethyl adjacent to an activating group) is 1. The predicted octanol–water partition coefficient (Wildman–Crippen LogP) is 2.32. The van der Waals surface area contributed by atoms with Gasteiger partial charge in [-0.05, 0) is 31.2 Å². The van der Waals surface area contributed by atoms with Crippen molar-refractivity contribution in [2.75, 3.05) is 57.3 Å². The molecule has 3 amide bonds. The average molecular weight is 484 g/mol. The van der Waals surface area contributed by atoms with Gasteiger partial charge in [0.05, 0.1) is 32.4 Å². The number of carbonyl (C=O) groups is 3. The van der Waals surface area contributed by atoms with E-state index in [1.165, 1.54) is 12.0 Å². The van der Waals surface area contributed by atoms with E-state index >= 15 is 0 Å². The lowest BCUT2D eigenvalue weighted by Gasteiger charge is -2.24. The standard InChI is InChI=1S/C25H29N3O7/c1-4-27(15-23(29)26-17-5-8-20-22(12-17)35-10-9-34-20)25(31)16-11-24(30)28(14-16)19-7-6-18(32-2)13-21(19)33-3/h5-8,12-13,16H,4,9-11,14-15H2,1-3H3,(H,26,29)/t16-/m0/s1. The van der Waals surface area contributed by atoms with Gasteiger partial charge < -0.3 is 34.1 Å². The van der Waals surface area contributed by atoms with Crippen molar-refractivity contribution in [1.29, 1.82) is 0 Å². The Balaban J connectivity index is 1.40. The summed E-state index contributed by atoms with van der Waals surface area (Å²) in [6.45, 7) is 3.15. The molecule has 0 radical (unpaired) electrons. The lowest BCUT2D eigenvalue weighted by Crippen LogP contribution is -2.42. The molecule has 0 bridgehead atoms. The van der Waals surface area contributed by atoms with Crippen molar-refractivity contribution in [3.63, 3.8) is 0 Å². The van der Waals surface area contributed by atoms with Gasteiger partial charge in [-0.25, -0.2) is 0 Å². The van der Waals surface area contributed by atoms with Gasteiger partial charge in [-0.3, -0.25) is 14.4 Å². The summed E-state index contributed by atoms with van der Waals surface area (Å²) in [5.41, 5.74) is 1.13. The number of methoxy groups -OCH3 is 2. The van der Waals surface area contributed by atoms with Crippen molar-refractivity contribution >= 4 is 29.1 Å². The molecule has 1 atom stereocenters. The van der Waals surface area contributed by atoms with E-state index < -0.39 is 5.92 Å². The van der Waals surface area contributed by atoms with Gasteiger partial charge in [0.2, 0.25) is 17.7 Å². The Kier molecular flexibility index (Phi) is 7.28. The Morgan fingerprint density at radius 3 is 2.57 bits per heavy atom. The van der Waals surface area contributed by atoms with Crippen LogP contribution in [0.25, 0.3) is 0 Å². The summed E-state index contributed by atoms with van der Waals surface area (Å²) in [4.78, 5) is 41.7. The van der Waals surface area contributed by atoms with E-state index in [4.69, 9.17) is 18.9 Å². The second-order valence-corrected chi connectivity index (χ2v) is 8.20. The van der Waals surface area contributed by atoms with Gasteiger partial charge in [0, 0.05) is 37.3 Å². The fourth-order valence-electron chi connectivity index (χ4n) is 4.21. The monoisotopic (exact) mass is 483 g/mol. The molecule has 10 nitrogen and oxygen atoms in total. The molecule has 0 aromatic heterocycles. The van der Waals surface area contributed by atoms with Gasteiger partial charge in [0.1, 0.15) is 24.7 Å². The maximum atomic E-state index is 13.2. The minimum atomic E-state index is -0.559. The van der Waals surface area contributed by atoms with Crippen LogP contribution in [0.5, 0.6) is 23.0 Å². The highest BCUT2D eigenvalue weighted by Crippen LogP contribution is 2.36. The molecule has 1 fully saturated rings. The van der Waals surface area contributed by atoms with Crippen LogP contribution in [0, 0.1) is 5.92 Å². The Morgan fingerprint density at radius 1 is 1.09 bits per heavy atom. The smallest absolute Gasteiger partial charge is 0.243 e. The first-order chi connectivity index (χ1) is 16.9. The first kappa shape index (κ1) is 24.2. The van der Waals surface area contributed by atoms with Crippen molar-refractivity contribution in [3.8, 4) is 23.0 Å². The van der Waals surface area contributed by atoms with Crippen molar-refractivity contribution in [1.82, 2.24) is 4.90 Å². The maximum Gasteiger partial charge on any atom is 0.243 e. The molecular formula is C25H29N3O7. The second kappa shape index (κ2) is 10.5. The lowest BCUT2D eigenvalue weighted by molar-refractivity contribution is -0.138. The second-order valence-electron chi connectivity index (χ2n) is 8.20. The molecule has 2 aromatic carbocycles. The molecule has 0 unspecified atom stereocenters. The summed E-state index contributed by atoms with van der Waals surface area (Å²) in [6.07, 6.45) is 0.0638. The normalized spacial score (nSPS) is 16.6. The summed E-state index contributed by atoms with van der Waals surface area (Å²) in [5.74, 6) is 0.963. The largest absolute Gasteiger partial charge is 0.497 e. The highest BCUT2D eigenvalue weighted by Gasteiger charge is 2.38. The number of nitrogens with one attached hydrogen (secondary N) is 1. The summed E-state index contributed by atoms with van der Waals surface area (Å²) in [5, 5.41) is 2.80. The third kappa shape index (κ3) is 5.26. The highest BCUT2D eigenvalue weighted by molar-refractivity contribution is 6.02. The molecule has 4 rings (SSSR count). The number of nitrogens with zero attached hydrogens (tertiary/aromatic N) is 2. The van der Waals surface area contributed by atoms with Crippen molar-refractivity contribution in [3.05, 3.63) is 36.4 Å². The van der Waals surface area contributed by atoms with Crippen LogP contribution in [-0.4, -0.2) is 69.7 Å². The zero-order valence-corrected chi connectivity index (χ0v) is 20.0. The summed E-state index contributed by atoms with van der Waals surface area (Å²) >= 11 is 0. The van der Waals surface area contributed by atoms with Crippen LogP contribution in [-0.2, 0) is 14.4 Å². The van der Waals surface area contributed by atoms with E-state index in [0.717, 1.165) is 0 Å².